The average Bonchev–Trinajstić information content (AvgIpc) is 2.54. The van der Waals surface area contributed by atoms with Crippen molar-refractivity contribution >= 4 is 0 Å². The lowest BCUT2D eigenvalue weighted by Crippen LogP contribution is -2.38. The smallest absolute Gasteiger partial charge is 0.0320 e. The Morgan fingerprint density at radius 1 is 1.28 bits per heavy atom. The maximum atomic E-state index is 3.67. The van der Waals surface area contributed by atoms with E-state index in [1.807, 2.05) is 0 Å². The zero-order valence-electron chi connectivity index (χ0n) is 11.8. The molecular weight excluding hydrogens is 218 g/mol. The minimum absolute atomic E-state index is 0.512. The maximum absolute atomic E-state index is 3.67. The van der Waals surface area contributed by atoms with E-state index in [2.05, 4.69) is 62.5 Å². The third kappa shape index (κ3) is 3.23. The van der Waals surface area contributed by atoms with Gasteiger partial charge < -0.3 is 5.32 Å². The largest absolute Gasteiger partial charge is 0.310 e. The third-order valence-corrected chi connectivity index (χ3v) is 3.97. The third-order valence-electron chi connectivity index (χ3n) is 3.97. The van der Waals surface area contributed by atoms with Crippen LogP contribution in [-0.2, 0) is 0 Å². The molecule has 2 rings (SSSR count). The van der Waals surface area contributed by atoms with Crippen LogP contribution in [-0.4, -0.2) is 12.6 Å². The number of allylic oxidation sites excluding steroid dienone is 6. The minimum atomic E-state index is 0.512. The number of rotatable bonds is 2. The molecule has 2 unspecified atom stereocenters. The fourth-order valence-corrected chi connectivity index (χ4v) is 2.71. The molecule has 0 spiro atoms. The minimum Gasteiger partial charge on any atom is -0.310 e. The summed E-state index contributed by atoms with van der Waals surface area (Å²) in [5.74, 6) is 1.33. The molecule has 98 valence electrons. The van der Waals surface area contributed by atoms with Gasteiger partial charge in [-0.05, 0) is 49.3 Å². The fourth-order valence-electron chi connectivity index (χ4n) is 2.71. The molecule has 1 aliphatic heterocycles. The highest BCUT2D eigenvalue weighted by Crippen LogP contribution is 2.25. The van der Waals surface area contributed by atoms with E-state index in [-0.39, 0.29) is 0 Å². The van der Waals surface area contributed by atoms with Crippen LogP contribution in [0, 0.1) is 11.8 Å². The van der Waals surface area contributed by atoms with Crippen molar-refractivity contribution < 1.29 is 0 Å². The van der Waals surface area contributed by atoms with E-state index in [0.29, 0.717) is 12.0 Å². The van der Waals surface area contributed by atoms with Gasteiger partial charge in [0, 0.05) is 6.04 Å². The molecule has 1 saturated heterocycles. The first kappa shape index (κ1) is 13.4. The molecule has 18 heavy (non-hydrogen) atoms. The summed E-state index contributed by atoms with van der Waals surface area (Å²) in [6.07, 6.45) is 16.1. The van der Waals surface area contributed by atoms with Crippen molar-refractivity contribution in [2.24, 2.45) is 11.8 Å². The first-order valence-corrected chi connectivity index (χ1v) is 7.16. The Labute approximate surface area is 111 Å². The van der Waals surface area contributed by atoms with Gasteiger partial charge in [-0.2, -0.15) is 0 Å². The lowest BCUT2D eigenvalue weighted by atomic mass is 9.90. The molecule has 0 aromatic heterocycles. The lowest BCUT2D eigenvalue weighted by molar-refractivity contribution is 0.356. The van der Waals surface area contributed by atoms with E-state index in [4.69, 9.17) is 0 Å². The van der Waals surface area contributed by atoms with Gasteiger partial charge in [0.05, 0.1) is 0 Å². The van der Waals surface area contributed by atoms with Crippen molar-refractivity contribution in [2.45, 2.75) is 39.7 Å². The van der Waals surface area contributed by atoms with Crippen LogP contribution < -0.4 is 5.32 Å². The molecular formula is C17H25N. The predicted octanol–water partition coefficient (Wildman–Crippen LogP) is 4.01. The Hall–Kier alpha value is -1.08. The molecule has 1 N–H and O–H groups in total. The highest BCUT2D eigenvalue weighted by molar-refractivity contribution is 5.41. The second-order valence-electron chi connectivity index (χ2n) is 5.63. The first-order valence-electron chi connectivity index (χ1n) is 7.16. The quantitative estimate of drug-likeness (QED) is 0.772. The molecule has 2 aliphatic rings. The SMILES string of the molecule is C/C=C\C1=CC([C@@H]2CCC(C)CN2)=CC=CC1C. The van der Waals surface area contributed by atoms with E-state index in [1.165, 1.54) is 24.0 Å². The van der Waals surface area contributed by atoms with E-state index in [0.717, 1.165) is 12.5 Å². The van der Waals surface area contributed by atoms with Crippen molar-refractivity contribution in [1.29, 1.82) is 0 Å². The Morgan fingerprint density at radius 2 is 2.11 bits per heavy atom. The van der Waals surface area contributed by atoms with Crippen LogP contribution >= 0.6 is 0 Å². The number of hydrogen-bond acceptors (Lipinski definition) is 1. The number of hydrogen-bond donors (Lipinski definition) is 1. The molecule has 0 aromatic carbocycles. The van der Waals surface area contributed by atoms with Gasteiger partial charge in [0.25, 0.3) is 0 Å². The molecule has 0 saturated carbocycles. The molecule has 0 bridgehead atoms. The van der Waals surface area contributed by atoms with E-state index < -0.39 is 0 Å². The van der Waals surface area contributed by atoms with Crippen LogP contribution in [0.15, 0.2) is 47.6 Å². The highest BCUT2D eigenvalue weighted by atomic mass is 14.9. The van der Waals surface area contributed by atoms with E-state index in [1.54, 1.807) is 0 Å². The second kappa shape index (κ2) is 6.19. The molecule has 1 fully saturated rings. The molecule has 0 aromatic rings. The van der Waals surface area contributed by atoms with Crippen LogP contribution in [0.5, 0.6) is 0 Å². The van der Waals surface area contributed by atoms with Crippen LogP contribution in [0.4, 0.5) is 0 Å². The molecule has 1 heteroatoms. The van der Waals surface area contributed by atoms with Gasteiger partial charge in [-0.15, -0.1) is 0 Å². The Balaban J connectivity index is 2.16. The fraction of sp³-hybridized carbons (Fsp3) is 0.529. The zero-order chi connectivity index (χ0) is 13.0. The Morgan fingerprint density at radius 3 is 2.78 bits per heavy atom. The van der Waals surface area contributed by atoms with Crippen molar-refractivity contribution in [3.8, 4) is 0 Å². The zero-order valence-corrected chi connectivity index (χ0v) is 11.8. The average molecular weight is 243 g/mol. The Kier molecular flexibility index (Phi) is 4.60. The summed E-state index contributed by atoms with van der Waals surface area (Å²) in [5.41, 5.74) is 2.86. The van der Waals surface area contributed by atoms with Crippen LogP contribution in [0.3, 0.4) is 0 Å². The summed E-state index contributed by atoms with van der Waals surface area (Å²) >= 11 is 0. The van der Waals surface area contributed by atoms with Crippen molar-refractivity contribution in [2.75, 3.05) is 6.54 Å². The van der Waals surface area contributed by atoms with Crippen LogP contribution in [0.2, 0.25) is 0 Å². The normalized spacial score (nSPS) is 33.2. The highest BCUT2D eigenvalue weighted by Gasteiger charge is 2.20. The standard InChI is InChI=1S/C17H25N/c1-4-6-15-11-16(8-5-7-14(15)3)17-10-9-13(2)12-18-17/h4-8,11,13-14,17-18H,9-10,12H2,1-3H3/b6-4-/t13?,14?,17-/m0/s1. The first-order chi connectivity index (χ1) is 8.70. The second-order valence-corrected chi connectivity index (χ2v) is 5.63. The molecule has 0 radical (unpaired) electrons. The maximum Gasteiger partial charge on any atom is 0.0320 e. The predicted molar refractivity (Wildman–Crippen MR) is 79.5 cm³/mol. The van der Waals surface area contributed by atoms with Crippen LogP contribution in [0.1, 0.15) is 33.6 Å². The molecule has 1 aliphatic carbocycles. The topological polar surface area (TPSA) is 12.0 Å². The van der Waals surface area contributed by atoms with Gasteiger partial charge >= 0.3 is 0 Å². The monoisotopic (exact) mass is 243 g/mol. The van der Waals surface area contributed by atoms with Crippen molar-refractivity contribution in [3.05, 3.63) is 47.6 Å². The molecule has 3 atom stereocenters. The number of piperidine rings is 1. The number of nitrogens with one attached hydrogen (secondary N) is 1. The van der Waals surface area contributed by atoms with Gasteiger partial charge in [0.2, 0.25) is 0 Å². The molecule has 0 amide bonds. The lowest BCUT2D eigenvalue weighted by Gasteiger charge is -2.29. The summed E-state index contributed by atoms with van der Waals surface area (Å²) < 4.78 is 0. The van der Waals surface area contributed by atoms with E-state index in [9.17, 15) is 0 Å². The van der Waals surface area contributed by atoms with Gasteiger partial charge in [-0.1, -0.05) is 50.3 Å². The van der Waals surface area contributed by atoms with Crippen molar-refractivity contribution in [1.82, 2.24) is 5.32 Å². The van der Waals surface area contributed by atoms with E-state index >= 15 is 0 Å². The molecule has 1 heterocycles. The summed E-state index contributed by atoms with van der Waals surface area (Å²) in [5, 5.41) is 3.67. The summed E-state index contributed by atoms with van der Waals surface area (Å²) in [6, 6.07) is 0.538. The van der Waals surface area contributed by atoms with Crippen LogP contribution in [0.25, 0.3) is 0 Å². The Bertz CT molecular complexity index is 390. The summed E-state index contributed by atoms with van der Waals surface area (Å²) in [4.78, 5) is 0. The van der Waals surface area contributed by atoms with Crippen molar-refractivity contribution in [3.63, 3.8) is 0 Å². The summed E-state index contributed by atoms with van der Waals surface area (Å²) in [7, 11) is 0. The molecule has 1 nitrogen and oxygen atoms in total. The summed E-state index contributed by atoms with van der Waals surface area (Å²) in [6.45, 7) is 7.82. The van der Waals surface area contributed by atoms with Gasteiger partial charge in [-0.3, -0.25) is 0 Å². The van der Waals surface area contributed by atoms with Gasteiger partial charge in [-0.25, -0.2) is 0 Å². The van der Waals surface area contributed by atoms with Gasteiger partial charge in [0.1, 0.15) is 0 Å². The van der Waals surface area contributed by atoms with Gasteiger partial charge in [0.15, 0.2) is 0 Å².